The normalized spacial score (nSPS) is 19.9. The number of hydrogen-bond donors (Lipinski definition) is 2. The van der Waals surface area contributed by atoms with Crippen molar-refractivity contribution in [3.05, 3.63) is 52.6 Å². The zero-order valence-electron chi connectivity index (χ0n) is 20.2. The number of nitrogens with one attached hydrogen (secondary N) is 1. The number of hydrogen-bond acceptors (Lipinski definition) is 7. The third-order valence-corrected chi connectivity index (χ3v) is 9.63. The molecule has 1 heterocycles. The number of rotatable bonds is 11. The topological polar surface area (TPSA) is 131 Å². The van der Waals surface area contributed by atoms with Crippen molar-refractivity contribution in [2.45, 2.75) is 80.0 Å². The Morgan fingerprint density at radius 2 is 1.92 bits per heavy atom. The Kier molecular flexibility index (Phi) is 7.07. The van der Waals surface area contributed by atoms with Crippen molar-refractivity contribution in [3.8, 4) is 0 Å². The molecule has 9 nitrogen and oxygen atoms in total. The van der Waals surface area contributed by atoms with Crippen LogP contribution in [0.2, 0.25) is 0 Å². The second kappa shape index (κ2) is 10.3. The average Bonchev–Trinajstić information content (AvgIpc) is 3.81. The fourth-order valence-electron chi connectivity index (χ4n) is 4.96. The summed E-state index contributed by atoms with van der Waals surface area (Å²) in [5.41, 5.74) is 2.09. The summed E-state index contributed by atoms with van der Waals surface area (Å²) in [5.74, 6) is 0.548. The average molecular weight is 513 g/mol. The van der Waals surface area contributed by atoms with E-state index in [2.05, 4.69) is 15.6 Å². The van der Waals surface area contributed by atoms with E-state index in [1.807, 2.05) is 12.1 Å². The monoisotopic (exact) mass is 512 g/mol. The summed E-state index contributed by atoms with van der Waals surface area (Å²) < 4.78 is 27.6. The number of anilines is 1. The minimum Gasteiger partial charge on any atom is -0.394 e. The molecule has 192 valence electrons. The van der Waals surface area contributed by atoms with E-state index in [0.29, 0.717) is 22.2 Å². The first-order chi connectivity index (χ1) is 17.4. The van der Waals surface area contributed by atoms with Gasteiger partial charge in [0.15, 0.2) is 15.7 Å². The Morgan fingerprint density at radius 3 is 2.56 bits per heavy atom. The van der Waals surface area contributed by atoms with Crippen LogP contribution in [-0.4, -0.2) is 47.1 Å². The van der Waals surface area contributed by atoms with E-state index >= 15 is 0 Å². The van der Waals surface area contributed by atoms with Gasteiger partial charge >= 0.3 is 0 Å². The maximum atomic E-state index is 13.5. The van der Waals surface area contributed by atoms with E-state index in [4.69, 9.17) is 0 Å². The van der Waals surface area contributed by atoms with Gasteiger partial charge in [-0.05, 0) is 73.6 Å². The second-order valence-electron chi connectivity index (χ2n) is 10.2. The van der Waals surface area contributed by atoms with E-state index in [1.54, 1.807) is 24.4 Å². The highest BCUT2D eigenvalue weighted by molar-refractivity contribution is 7.92. The minimum absolute atomic E-state index is 0.113. The summed E-state index contributed by atoms with van der Waals surface area (Å²) in [6.45, 7) is -0.266. The second-order valence-corrected chi connectivity index (χ2v) is 12.4. The third-order valence-electron chi connectivity index (χ3n) is 7.29. The quantitative estimate of drug-likeness (QED) is 0.345. The molecule has 0 aliphatic heterocycles. The highest BCUT2D eigenvalue weighted by Crippen LogP contribution is 2.46. The van der Waals surface area contributed by atoms with Crippen molar-refractivity contribution in [3.63, 3.8) is 0 Å². The Morgan fingerprint density at radius 1 is 1.17 bits per heavy atom. The van der Waals surface area contributed by atoms with Gasteiger partial charge in [0.1, 0.15) is 6.04 Å². The van der Waals surface area contributed by atoms with Gasteiger partial charge in [-0.3, -0.25) is 9.48 Å². The molecule has 0 radical (unpaired) electrons. The number of aromatic nitrogens is 2. The number of benzene rings is 1. The first-order valence-electron chi connectivity index (χ1n) is 12.8. The Labute approximate surface area is 210 Å². The zero-order chi connectivity index (χ0) is 25.3. The van der Waals surface area contributed by atoms with E-state index in [9.17, 15) is 23.2 Å². The molecule has 0 bridgehead atoms. The number of nitroso groups, excluding NO2 is 1. The van der Waals surface area contributed by atoms with Crippen molar-refractivity contribution in [1.29, 1.82) is 0 Å². The van der Waals surface area contributed by atoms with Crippen molar-refractivity contribution < 1.29 is 18.3 Å². The summed E-state index contributed by atoms with van der Waals surface area (Å²) in [4.78, 5) is 24.7. The fourth-order valence-corrected chi connectivity index (χ4v) is 6.89. The Balaban J connectivity index is 1.43. The summed E-state index contributed by atoms with van der Waals surface area (Å²) in [5, 5.41) is 18.9. The lowest BCUT2D eigenvalue weighted by atomic mass is 9.96. The summed E-state index contributed by atoms with van der Waals surface area (Å²) in [6.07, 6.45) is 11.3. The Bertz CT molecular complexity index is 1270. The van der Waals surface area contributed by atoms with Crippen LogP contribution in [0.4, 0.5) is 5.82 Å². The van der Waals surface area contributed by atoms with Crippen LogP contribution in [0.15, 0.2) is 46.6 Å². The molecule has 10 heteroatoms. The first-order valence-corrected chi connectivity index (χ1v) is 14.3. The first kappa shape index (κ1) is 24.8. The van der Waals surface area contributed by atoms with Gasteiger partial charge in [-0.15, -0.1) is 0 Å². The van der Waals surface area contributed by atoms with Crippen molar-refractivity contribution in [2.75, 3.05) is 11.9 Å². The van der Waals surface area contributed by atoms with Crippen LogP contribution in [0.25, 0.3) is 5.57 Å². The number of carbonyl (C=O) groups is 1. The molecule has 1 amide bonds. The molecule has 0 unspecified atom stereocenters. The molecule has 36 heavy (non-hydrogen) atoms. The molecular formula is C26H32N4O5S. The van der Waals surface area contributed by atoms with Crippen LogP contribution in [-0.2, 0) is 21.2 Å². The van der Waals surface area contributed by atoms with Crippen molar-refractivity contribution in [1.82, 2.24) is 9.78 Å². The van der Waals surface area contributed by atoms with Gasteiger partial charge in [-0.1, -0.05) is 30.2 Å². The SMILES string of the molecule is O=N[C@H](CO)Cn1ccc(NC(=O)/C(=C/C2CCCC2)c2ccc(S(=O)(=O)C3CC3)c(C3CC3)c2)n1. The van der Waals surface area contributed by atoms with Crippen molar-refractivity contribution in [2.24, 2.45) is 11.1 Å². The van der Waals surface area contributed by atoms with Gasteiger partial charge in [0.05, 0.1) is 23.3 Å². The van der Waals surface area contributed by atoms with E-state index in [0.717, 1.165) is 62.5 Å². The van der Waals surface area contributed by atoms with E-state index in [1.165, 1.54) is 4.68 Å². The maximum absolute atomic E-state index is 13.5. The van der Waals surface area contributed by atoms with Gasteiger partial charge in [0.25, 0.3) is 5.91 Å². The van der Waals surface area contributed by atoms with E-state index in [-0.39, 0.29) is 30.2 Å². The van der Waals surface area contributed by atoms with Gasteiger partial charge in [-0.2, -0.15) is 10.0 Å². The molecule has 3 aliphatic carbocycles. The molecule has 1 aromatic heterocycles. The summed E-state index contributed by atoms with van der Waals surface area (Å²) in [6, 6.07) is 6.20. The number of nitrogens with zero attached hydrogens (tertiary/aromatic N) is 3. The van der Waals surface area contributed by atoms with E-state index < -0.39 is 15.9 Å². The lowest BCUT2D eigenvalue weighted by Crippen LogP contribution is -2.19. The van der Waals surface area contributed by atoms with Crippen LogP contribution in [0.3, 0.4) is 0 Å². The predicted molar refractivity (Wildman–Crippen MR) is 136 cm³/mol. The zero-order valence-corrected chi connectivity index (χ0v) is 21.0. The Hall–Kier alpha value is -2.85. The molecular weight excluding hydrogens is 480 g/mol. The summed E-state index contributed by atoms with van der Waals surface area (Å²) >= 11 is 0. The van der Waals surface area contributed by atoms with Crippen molar-refractivity contribution >= 4 is 27.1 Å². The maximum Gasteiger partial charge on any atom is 0.257 e. The number of allylic oxidation sites excluding steroid dienone is 1. The molecule has 0 saturated heterocycles. The fraction of sp³-hybridized carbons (Fsp3) is 0.538. The highest BCUT2D eigenvalue weighted by Gasteiger charge is 2.40. The van der Waals surface area contributed by atoms with Crippen LogP contribution in [0.1, 0.15) is 68.4 Å². The number of aliphatic hydroxyl groups excluding tert-OH is 1. The largest absolute Gasteiger partial charge is 0.394 e. The minimum atomic E-state index is -3.33. The predicted octanol–water partition coefficient (Wildman–Crippen LogP) is 4.04. The highest BCUT2D eigenvalue weighted by atomic mass is 32.2. The molecule has 2 aromatic rings. The molecule has 3 fully saturated rings. The molecule has 1 atom stereocenters. The van der Waals surface area contributed by atoms with Crippen LogP contribution >= 0.6 is 0 Å². The number of amides is 1. The lowest BCUT2D eigenvalue weighted by Gasteiger charge is -2.15. The van der Waals surface area contributed by atoms with Gasteiger partial charge < -0.3 is 10.4 Å². The number of aliphatic hydroxyl groups is 1. The number of carbonyl (C=O) groups excluding carboxylic acids is 1. The van der Waals surface area contributed by atoms with Crippen LogP contribution < -0.4 is 5.32 Å². The number of sulfone groups is 1. The van der Waals surface area contributed by atoms with Gasteiger partial charge in [-0.25, -0.2) is 8.42 Å². The molecule has 5 rings (SSSR count). The van der Waals surface area contributed by atoms with Crippen LogP contribution in [0, 0.1) is 10.8 Å². The lowest BCUT2D eigenvalue weighted by molar-refractivity contribution is -0.111. The molecule has 3 saturated carbocycles. The third kappa shape index (κ3) is 5.44. The molecule has 1 aromatic carbocycles. The van der Waals surface area contributed by atoms with Gasteiger partial charge in [0, 0.05) is 17.8 Å². The molecule has 2 N–H and O–H groups in total. The van der Waals surface area contributed by atoms with Crippen LogP contribution in [0.5, 0.6) is 0 Å². The van der Waals surface area contributed by atoms with Gasteiger partial charge in [0.2, 0.25) is 0 Å². The summed E-state index contributed by atoms with van der Waals surface area (Å²) in [7, 11) is -3.33. The molecule has 0 spiro atoms. The standard InChI is InChI=1S/C26H32N4O5S/c31-16-20(29-33)15-30-12-11-25(28-30)27-26(32)23(13-17-3-1-2-4-17)19-7-10-24(22(14-19)18-5-6-18)36(34,35)21-8-9-21/h7,10-14,17-18,20-21,31H,1-6,8-9,15-16H2,(H,27,28,32)/b23-13+/t20-/m0/s1. The molecule has 3 aliphatic rings. The smallest absolute Gasteiger partial charge is 0.257 e.